The zero-order valence-corrected chi connectivity index (χ0v) is 18.6. The fourth-order valence-corrected chi connectivity index (χ4v) is 5.39. The highest BCUT2D eigenvalue weighted by Crippen LogP contribution is 2.30. The van der Waals surface area contributed by atoms with Gasteiger partial charge in [0.15, 0.2) is 0 Å². The van der Waals surface area contributed by atoms with E-state index in [1.165, 1.54) is 62.0 Å². The molecule has 2 aromatic rings. The van der Waals surface area contributed by atoms with Crippen LogP contribution in [0.4, 0.5) is 0 Å². The van der Waals surface area contributed by atoms with Crippen LogP contribution in [0, 0.1) is 19.8 Å². The van der Waals surface area contributed by atoms with Gasteiger partial charge in [-0.25, -0.2) is 0 Å². The Bertz CT molecular complexity index is 842. The molecule has 1 aromatic carbocycles. The number of hydrogen-bond acceptors (Lipinski definition) is 3. The second-order valence-corrected chi connectivity index (χ2v) is 9.10. The number of fused-ring (bicyclic) bond motifs is 1. The zero-order valence-electron chi connectivity index (χ0n) is 18.6. The molecular formula is C25H36N4O. The number of carbonyl (C=O) groups excluding carboxylic acids is 1. The number of piperidine rings is 2. The van der Waals surface area contributed by atoms with Crippen LogP contribution < -0.4 is 5.32 Å². The molecule has 0 unspecified atom stereocenters. The molecule has 1 aromatic heterocycles. The van der Waals surface area contributed by atoms with Crippen LogP contribution in [0.1, 0.15) is 61.0 Å². The van der Waals surface area contributed by atoms with Crippen LogP contribution in [-0.4, -0.2) is 46.3 Å². The van der Waals surface area contributed by atoms with E-state index in [2.05, 4.69) is 53.0 Å². The number of nitrogens with one attached hydrogen (secondary N) is 1. The van der Waals surface area contributed by atoms with E-state index in [9.17, 15) is 4.79 Å². The summed E-state index contributed by atoms with van der Waals surface area (Å²) in [4.78, 5) is 15.3. The van der Waals surface area contributed by atoms with Gasteiger partial charge in [-0.15, -0.1) is 0 Å². The molecule has 30 heavy (non-hydrogen) atoms. The van der Waals surface area contributed by atoms with Gasteiger partial charge in [-0.05, 0) is 76.1 Å². The highest BCUT2D eigenvalue weighted by molar-refractivity contribution is 5.76. The van der Waals surface area contributed by atoms with Crippen LogP contribution in [0.3, 0.4) is 0 Å². The standard InChI is InChI=1S/C25H36N4O/c1-19-23(20(2)29(27-19)18-21-9-4-3-5-10-21)13-14-25(30)26-17-22-11-8-16-28-15-7-6-12-24(22)28/h3-5,9-10,22,24H,6-8,11-18H2,1-2H3,(H,26,30)/t22-,24-/m1/s1. The summed E-state index contributed by atoms with van der Waals surface area (Å²) in [5.41, 5.74) is 4.68. The van der Waals surface area contributed by atoms with Crippen LogP contribution in [0.5, 0.6) is 0 Å². The fraction of sp³-hybridized carbons (Fsp3) is 0.600. The predicted octanol–water partition coefficient (Wildman–Crippen LogP) is 3.86. The lowest BCUT2D eigenvalue weighted by molar-refractivity contribution is -0.121. The molecule has 162 valence electrons. The Morgan fingerprint density at radius 3 is 2.73 bits per heavy atom. The lowest BCUT2D eigenvalue weighted by Gasteiger charge is -2.44. The first-order valence-corrected chi connectivity index (χ1v) is 11.7. The van der Waals surface area contributed by atoms with Crippen molar-refractivity contribution in [3.63, 3.8) is 0 Å². The van der Waals surface area contributed by atoms with Gasteiger partial charge in [0, 0.05) is 24.7 Å². The molecule has 0 spiro atoms. The number of carbonyl (C=O) groups is 1. The Morgan fingerprint density at radius 2 is 1.90 bits per heavy atom. The van der Waals surface area contributed by atoms with E-state index in [-0.39, 0.29) is 5.91 Å². The minimum atomic E-state index is 0.178. The third kappa shape index (κ3) is 4.94. The molecule has 1 amide bonds. The van der Waals surface area contributed by atoms with E-state index in [0.717, 1.165) is 25.2 Å². The van der Waals surface area contributed by atoms with E-state index in [4.69, 9.17) is 5.10 Å². The molecule has 0 saturated carbocycles. The number of amides is 1. The number of aryl methyl sites for hydroxylation is 1. The van der Waals surface area contributed by atoms with E-state index in [1.807, 2.05) is 6.07 Å². The summed E-state index contributed by atoms with van der Waals surface area (Å²) in [7, 11) is 0. The predicted molar refractivity (Wildman–Crippen MR) is 121 cm³/mol. The third-order valence-electron chi connectivity index (χ3n) is 7.10. The third-order valence-corrected chi connectivity index (χ3v) is 7.10. The topological polar surface area (TPSA) is 50.2 Å². The quantitative estimate of drug-likeness (QED) is 0.757. The summed E-state index contributed by atoms with van der Waals surface area (Å²) < 4.78 is 2.07. The van der Waals surface area contributed by atoms with Crippen LogP contribution in [0.15, 0.2) is 30.3 Å². The molecule has 4 rings (SSSR count). The summed E-state index contributed by atoms with van der Waals surface area (Å²) in [6.45, 7) is 8.29. The Hall–Kier alpha value is -2.14. The summed E-state index contributed by atoms with van der Waals surface area (Å²) in [6.07, 6.45) is 7.82. The van der Waals surface area contributed by atoms with Gasteiger partial charge in [0.05, 0.1) is 12.2 Å². The first kappa shape index (κ1) is 21.1. The van der Waals surface area contributed by atoms with Gasteiger partial charge in [-0.1, -0.05) is 36.8 Å². The molecular weight excluding hydrogens is 372 g/mol. The summed E-state index contributed by atoms with van der Waals surface area (Å²) in [6, 6.07) is 11.1. The number of benzene rings is 1. The van der Waals surface area contributed by atoms with E-state index < -0.39 is 0 Å². The Morgan fingerprint density at radius 1 is 1.10 bits per heavy atom. The number of hydrogen-bond donors (Lipinski definition) is 1. The van der Waals surface area contributed by atoms with Gasteiger partial charge in [0.25, 0.3) is 0 Å². The highest BCUT2D eigenvalue weighted by Gasteiger charge is 2.32. The van der Waals surface area contributed by atoms with Crippen molar-refractivity contribution in [2.75, 3.05) is 19.6 Å². The van der Waals surface area contributed by atoms with Gasteiger partial charge in [0.2, 0.25) is 5.91 Å². The van der Waals surface area contributed by atoms with E-state index >= 15 is 0 Å². The van der Waals surface area contributed by atoms with Crippen molar-refractivity contribution in [2.24, 2.45) is 5.92 Å². The van der Waals surface area contributed by atoms with Crippen molar-refractivity contribution < 1.29 is 4.79 Å². The molecule has 2 saturated heterocycles. The Kier molecular flexibility index (Phi) is 6.88. The molecule has 0 aliphatic carbocycles. The van der Waals surface area contributed by atoms with Crippen molar-refractivity contribution in [2.45, 2.75) is 71.4 Å². The van der Waals surface area contributed by atoms with E-state index in [0.29, 0.717) is 18.4 Å². The molecule has 2 aliphatic rings. The van der Waals surface area contributed by atoms with Crippen molar-refractivity contribution in [3.8, 4) is 0 Å². The van der Waals surface area contributed by atoms with Crippen molar-refractivity contribution in [1.82, 2.24) is 20.0 Å². The number of rotatable bonds is 7. The number of nitrogens with zero attached hydrogens (tertiary/aromatic N) is 3. The smallest absolute Gasteiger partial charge is 0.220 e. The van der Waals surface area contributed by atoms with Gasteiger partial charge in [-0.2, -0.15) is 5.10 Å². The summed E-state index contributed by atoms with van der Waals surface area (Å²) in [5.74, 6) is 0.803. The van der Waals surface area contributed by atoms with Crippen molar-refractivity contribution in [1.29, 1.82) is 0 Å². The molecule has 1 N–H and O–H groups in total. The van der Waals surface area contributed by atoms with Crippen molar-refractivity contribution in [3.05, 3.63) is 52.8 Å². The van der Waals surface area contributed by atoms with E-state index in [1.54, 1.807) is 0 Å². The molecule has 5 nitrogen and oxygen atoms in total. The first-order valence-electron chi connectivity index (χ1n) is 11.7. The molecule has 2 fully saturated rings. The fourth-order valence-electron chi connectivity index (χ4n) is 5.39. The molecule has 2 aliphatic heterocycles. The minimum absolute atomic E-state index is 0.178. The SMILES string of the molecule is Cc1nn(Cc2ccccc2)c(C)c1CCC(=O)NC[C@H]1CCCN2CCCC[C@H]12. The van der Waals surface area contributed by atoms with Crippen LogP contribution in [0.2, 0.25) is 0 Å². The Balaban J connectivity index is 1.28. The molecule has 0 radical (unpaired) electrons. The van der Waals surface area contributed by atoms with Gasteiger partial charge >= 0.3 is 0 Å². The summed E-state index contributed by atoms with van der Waals surface area (Å²) >= 11 is 0. The first-order chi connectivity index (χ1) is 14.6. The second-order valence-electron chi connectivity index (χ2n) is 9.10. The monoisotopic (exact) mass is 408 g/mol. The average molecular weight is 409 g/mol. The highest BCUT2D eigenvalue weighted by atomic mass is 16.1. The Labute approximate surface area is 180 Å². The van der Waals surface area contributed by atoms with Gasteiger partial charge in [-0.3, -0.25) is 9.48 Å². The second kappa shape index (κ2) is 9.78. The van der Waals surface area contributed by atoms with Crippen LogP contribution in [-0.2, 0) is 17.8 Å². The maximum absolute atomic E-state index is 12.6. The largest absolute Gasteiger partial charge is 0.356 e. The van der Waals surface area contributed by atoms with Crippen LogP contribution >= 0.6 is 0 Å². The zero-order chi connectivity index (χ0) is 20.9. The lowest BCUT2D eigenvalue weighted by atomic mass is 9.83. The maximum Gasteiger partial charge on any atom is 0.220 e. The van der Waals surface area contributed by atoms with Gasteiger partial charge in [0.1, 0.15) is 0 Å². The molecule has 3 heterocycles. The normalized spacial score (nSPS) is 21.9. The van der Waals surface area contributed by atoms with Crippen molar-refractivity contribution >= 4 is 5.91 Å². The summed E-state index contributed by atoms with van der Waals surface area (Å²) in [5, 5.41) is 7.98. The molecule has 0 bridgehead atoms. The maximum atomic E-state index is 12.6. The lowest BCUT2D eigenvalue weighted by Crippen LogP contribution is -2.51. The molecule has 2 atom stereocenters. The molecule has 5 heteroatoms. The minimum Gasteiger partial charge on any atom is -0.356 e. The van der Waals surface area contributed by atoms with Gasteiger partial charge < -0.3 is 10.2 Å². The number of aromatic nitrogens is 2. The van der Waals surface area contributed by atoms with Crippen LogP contribution in [0.25, 0.3) is 0 Å². The average Bonchev–Trinajstić information content (AvgIpc) is 3.03.